The minimum atomic E-state index is -0.713. The van der Waals surface area contributed by atoms with Crippen molar-refractivity contribution in [2.24, 2.45) is 5.73 Å². The Morgan fingerprint density at radius 3 is 2.71 bits per heavy atom. The molecule has 1 amide bonds. The number of hydrogen-bond donors (Lipinski definition) is 1. The zero-order chi connectivity index (χ0) is 10.2. The average molecular weight is 229 g/mol. The van der Waals surface area contributed by atoms with E-state index in [0.717, 1.165) is 5.75 Å². The lowest BCUT2D eigenvalue weighted by Gasteiger charge is -2.01. The highest BCUT2D eigenvalue weighted by Gasteiger charge is 1.95. The van der Waals surface area contributed by atoms with Crippen LogP contribution in [0.3, 0.4) is 0 Å². The van der Waals surface area contributed by atoms with Crippen LogP contribution in [-0.2, 0) is 4.74 Å². The summed E-state index contributed by atoms with van der Waals surface area (Å²) in [6.45, 7) is 0.361. The van der Waals surface area contributed by atoms with Crippen LogP contribution < -0.4 is 5.73 Å². The van der Waals surface area contributed by atoms with Crippen LogP contribution in [0.4, 0.5) is 4.79 Å². The molecule has 0 saturated heterocycles. The highest BCUT2D eigenvalue weighted by Crippen LogP contribution is 2.29. The van der Waals surface area contributed by atoms with E-state index in [-0.39, 0.29) is 0 Å². The largest absolute Gasteiger partial charge is 0.449 e. The standard InChI is InChI=1S/C9H11NO2S2/c10-9(11)12-6-7-13-14-8-4-2-1-3-5-8/h1-5H,6-7H2,(H2,10,11). The smallest absolute Gasteiger partial charge is 0.404 e. The first kappa shape index (κ1) is 11.3. The zero-order valence-corrected chi connectivity index (χ0v) is 9.14. The minimum Gasteiger partial charge on any atom is -0.449 e. The number of carbonyl (C=O) groups excluding carboxylic acids is 1. The molecule has 0 heterocycles. The molecule has 3 nitrogen and oxygen atoms in total. The number of primary amides is 1. The normalized spacial score (nSPS) is 9.71. The number of carbonyl (C=O) groups is 1. The van der Waals surface area contributed by atoms with Crippen molar-refractivity contribution in [3.63, 3.8) is 0 Å². The van der Waals surface area contributed by atoms with Gasteiger partial charge < -0.3 is 10.5 Å². The average Bonchev–Trinajstić information content (AvgIpc) is 2.18. The van der Waals surface area contributed by atoms with Gasteiger partial charge in [-0.05, 0) is 12.1 Å². The van der Waals surface area contributed by atoms with Crippen LogP contribution in [0.2, 0.25) is 0 Å². The Labute approximate surface area is 90.8 Å². The van der Waals surface area contributed by atoms with Crippen molar-refractivity contribution < 1.29 is 9.53 Å². The Hall–Kier alpha value is -0.810. The molecule has 5 heteroatoms. The summed E-state index contributed by atoms with van der Waals surface area (Å²) in [5.41, 5.74) is 4.81. The van der Waals surface area contributed by atoms with Crippen molar-refractivity contribution in [1.29, 1.82) is 0 Å². The van der Waals surface area contributed by atoms with E-state index in [4.69, 9.17) is 5.73 Å². The second-order valence-electron chi connectivity index (χ2n) is 2.39. The highest BCUT2D eigenvalue weighted by atomic mass is 33.1. The molecule has 0 aliphatic rings. The number of benzene rings is 1. The summed E-state index contributed by atoms with van der Waals surface area (Å²) < 4.78 is 4.58. The van der Waals surface area contributed by atoms with E-state index in [1.165, 1.54) is 4.90 Å². The van der Waals surface area contributed by atoms with Gasteiger partial charge in [0, 0.05) is 10.6 Å². The van der Waals surface area contributed by atoms with Crippen LogP contribution in [0.1, 0.15) is 0 Å². The maximum atomic E-state index is 10.2. The molecular weight excluding hydrogens is 218 g/mol. The third-order valence-corrected chi connectivity index (χ3v) is 3.66. The van der Waals surface area contributed by atoms with Crippen LogP contribution in [0.25, 0.3) is 0 Å². The first-order valence-corrected chi connectivity index (χ1v) is 6.37. The maximum absolute atomic E-state index is 10.2. The Kier molecular flexibility index (Phi) is 5.32. The third-order valence-electron chi connectivity index (χ3n) is 1.31. The van der Waals surface area contributed by atoms with Gasteiger partial charge in [0.1, 0.15) is 6.61 Å². The second-order valence-corrected chi connectivity index (χ2v) is 4.87. The topological polar surface area (TPSA) is 52.3 Å². The fraction of sp³-hybridized carbons (Fsp3) is 0.222. The van der Waals surface area contributed by atoms with Crippen molar-refractivity contribution in [2.45, 2.75) is 4.90 Å². The Morgan fingerprint density at radius 1 is 1.36 bits per heavy atom. The Morgan fingerprint density at radius 2 is 2.07 bits per heavy atom. The molecule has 0 aliphatic heterocycles. The summed E-state index contributed by atoms with van der Waals surface area (Å²) in [7, 11) is 3.29. The van der Waals surface area contributed by atoms with Crippen molar-refractivity contribution in [2.75, 3.05) is 12.4 Å². The summed E-state index contributed by atoms with van der Waals surface area (Å²) in [5, 5.41) is 0. The fourth-order valence-electron chi connectivity index (χ4n) is 0.762. The van der Waals surface area contributed by atoms with E-state index in [2.05, 4.69) is 4.74 Å². The van der Waals surface area contributed by atoms with Crippen LogP contribution in [0.5, 0.6) is 0 Å². The van der Waals surface area contributed by atoms with Gasteiger partial charge in [0.25, 0.3) is 0 Å². The number of hydrogen-bond acceptors (Lipinski definition) is 4. The van der Waals surface area contributed by atoms with Crippen molar-refractivity contribution in [1.82, 2.24) is 0 Å². The lowest BCUT2D eigenvalue weighted by molar-refractivity contribution is 0.164. The second kappa shape index (κ2) is 6.62. The lowest BCUT2D eigenvalue weighted by Crippen LogP contribution is -2.14. The quantitative estimate of drug-likeness (QED) is 0.622. The summed E-state index contributed by atoms with van der Waals surface area (Å²) in [4.78, 5) is 11.4. The van der Waals surface area contributed by atoms with E-state index in [0.29, 0.717) is 6.61 Å². The van der Waals surface area contributed by atoms with Gasteiger partial charge in [0.2, 0.25) is 0 Å². The van der Waals surface area contributed by atoms with Gasteiger partial charge in [-0.1, -0.05) is 39.8 Å². The van der Waals surface area contributed by atoms with Crippen LogP contribution >= 0.6 is 21.6 Å². The van der Waals surface area contributed by atoms with Crippen LogP contribution in [0, 0.1) is 0 Å². The molecule has 1 aromatic rings. The highest BCUT2D eigenvalue weighted by molar-refractivity contribution is 8.76. The summed E-state index contributed by atoms with van der Waals surface area (Å²) in [6, 6.07) is 10.0. The number of ether oxygens (including phenoxy) is 1. The molecule has 1 aromatic carbocycles. The van der Waals surface area contributed by atoms with Gasteiger partial charge in [0.05, 0.1) is 0 Å². The van der Waals surface area contributed by atoms with Gasteiger partial charge in [0.15, 0.2) is 0 Å². The van der Waals surface area contributed by atoms with E-state index in [1.54, 1.807) is 21.6 Å². The zero-order valence-electron chi connectivity index (χ0n) is 7.51. The minimum absolute atomic E-state index is 0.361. The van der Waals surface area contributed by atoms with Gasteiger partial charge in [-0.2, -0.15) is 0 Å². The molecule has 0 aliphatic carbocycles. The SMILES string of the molecule is NC(=O)OCCSSc1ccccc1. The third kappa shape index (κ3) is 5.04. The Bertz CT molecular complexity index is 279. The molecule has 1 rings (SSSR count). The predicted octanol–water partition coefficient (Wildman–Crippen LogP) is 2.52. The molecule has 0 unspecified atom stereocenters. The van der Waals surface area contributed by atoms with E-state index < -0.39 is 6.09 Å². The van der Waals surface area contributed by atoms with Crippen molar-refractivity contribution in [3.05, 3.63) is 30.3 Å². The molecule has 76 valence electrons. The van der Waals surface area contributed by atoms with E-state index in [9.17, 15) is 4.79 Å². The van der Waals surface area contributed by atoms with Gasteiger partial charge in [-0.3, -0.25) is 0 Å². The molecule has 0 aromatic heterocycles. The number of amides is 1. The van der Waals surface area contributed by atoms with Gasteiger partial charge in [-0.25, -0.2) is 4.79 Å². The summed E-state index contributed by atoms with van der Waals surface area (Å²) >= 11 is 0. The maximum Gasteiger partial charge on any atom is 0.404 e. The van der Waals surface area contributed by atoms with E-state index in [1.807, 2.05) is 30.3 Å². The van der Waals surface area contributed by atoms with Crippen LogP contribution in [0.15, 0.2) is 35.2 Å². The van der Waals surface area contributed by atoms with Crippen molar-refractivity contribution >= 4 is 27.7 Å². The number of rotatable bonds is 5. The molecule has 14 heavy (non-hydrogen) atoms. The monoisotopic (exact) mass is 229 g/mol. The first-order valence-electron chi connectivity index (χ1n) is 4.06. The first-order chi connectivity index (χ1) is 6.79. The Balaban J connectivity index is 2.08. The molecule has 2 N–H and O–H groups in total. The van der Waals surface area contributed by atoms with Crippen LogP contribution in [-0.4, -0.2) is 18.5 Å². The molecule has 0 fully saturated rings. The van der Waals surface area contributed by atoms with Gasteiger partial charge >= 0.3 is 6.09 Å². The molecule has 0 atom stereocenters. The van der Waals surface area contributed by atoms with Crippen molar-refractivity contribution in [3.8, 4) is 0 Å². The number of nitrogens with two attached hydrogens (primary N) is 1. The summed E-state index contributed by atoms with van der Waals surface area (Å²) in [5.74, 6) is 0.739. The molecule has 0 spiro atoms. The molecule has 0 radical (unpaired) electrons. The summed E-state index contributed by atoms with van der Waals surface area (Å²) in [6.07, 6.45) is -0.713. The lowest BCUT2D eigenvalue weighted by atomic mass is 10.4. The molecule has 0 bridgehead atoms. The fourth-order valence-corrected chi connectivity index (χ4v) is 2.60. The predicted molar refractivity (Wildman–Crippen MR) is 60.3 cm³/mol. The molecule has 0 saturated carbocycles. The van der Waals surface area contributed by atoms with E-state index >= 15 is 0 Å². The van der Waals surface area contributed by atoms with Gasteiger partial charge in [-0.15, -0.1) is 0 Å². The molecular formula is C9H11NO2S2.